The summed E-state index contributed by atoms with van der Waals surface area (Å²) in [5, 5.41) is 11.5. The van der Waals surface area contributed by atoms with Crippen LogP contribution in [0.2, 0.25) is 0 Å². The second kappa shape index (κ2) is 8.65. The molecule has 0 saturated carbocycles. The molecule has 1 saturated heterocycles. The highest BCUT2D eigenvalue weighted by molar-refractivity contribution is 5.96. The van der Waals surface area contributed by atoms with Crippen LogP contribution in [0.4, 0.5) is 0 Å². The molecule has 1 aromatic carbocycles. The number of hydrogen-bond donors (Lipinski definition) is 2. The molecular weight excluding hydrogens is 320 g/mol. The second-order valence-electron chi connectivity index (χ2n) is 6.76. The summed E-state index contributed by atoms with van der Waals surface area (Å²) in [6, 6.07) is 5.46. The average Bonchev–Trinajstić information content (AvgIpc) is 2.60. The van der Waals surface area contributed by atoms with Crippen LogP contribution in [0.15, 0.2) is 18.2 Å². The first-order chi connectivity index (χ1) is 11.9. The zero-order valence-corrected chi connectivity index (χ0v) is 14.9. The van der Waals surface area contributed by atoms with E-state index in [1.54, 1.807) is 11.0 Å². The fourth-order valence-corrected chi connectivity index (χ4v) is 3.11. The van der Waals surface area contributed by atoms with Crippen molar-refractivity contribution in [3.63, 3.8) is 0 Å². The van der Waals surface area contributed by atoms with Crippen molar-refractivity contribution in [3.8, 4) is 0 Å². The van der Waals surface area contributed by atoms with Crippen molar-refractivity contribution in [1.82, 2.24) is 10.2 Å². The molecule has 1 fully saturated rings. The second-order valence-corrected chi connectivity index (χ2v) is 6.76. The highest BCUT2D eigenvalue weighted by Crippen LogP contribution is 2.21. The normalized spacial score (nSPS) is 17.2. The summed E-state index contributed by atoms with van der Waals surface area (Å²) in [6.45, 7) is 5.14. The van der Waals surface area contributed by atoms with Gasteiger partial charge >= 0.3 is 5.97 Å². The van der Waals surface area contributed by atoms with Gasteiger partial charge in [-0.25, -0.2) is 0 Å². The van der Waals surface area contributed by atoms with E-state index in [0.717, 1.165) is 24.0 Å². The van der Waals surface area contributed by atoms with E-state index in [-0.39, 0.29) is 30.7 Å². The van der Waals surface area contributed by atoms with Crippen LogP contribution in [0.5, 0.6) is 0 Å². The van der Waals surface area contributed by atoms with Crippen LogP contribution in [-0.4, -0.2) is 47.4 Å². The number of benzene rings is 1. The lowest BCUT2D eigenvalue weighted by molar-refractivity contribution is -0.137. The zero-order valence-electron chi connectivity index (χ0n) is 14.9. The molecule has 0 aliphatic carbocycles. The van der Waals surface area contributed by atoms with Crippen LogP contribution in [0, 0.1) is 19.8 Å². The van der Waals surface area contributed by atoms with Gasteiger partial charge in [-0.3, -0.25) is 14.4 Å². The van der Waals surface area contributed by atoms with E-state index in [0.29, 0.717) is 25.1 Å². The third-order valence-corrected chi connectivity index (χ3v) is 4.81. The third-order valence-electron chi connectivity index (χ3n) is 4.81. The van der Waals surface area contributed by atoms with Crippen LogP contribution >= 0.6 is 0 Å². The third kappa shape index (κ3) is 5.59. The number of nitrogens with one attached hydrogen (secondary N) is 1. The Kier molecular flexibility index (Phi) is 6.56. The number of aliphatic carboxylic acids is 1. The maximum atomic E-state index is 12.3. The molecule has 25 heavy (non-hydrogen) atoms. The van der Waals surface area contributed by atoms with Crippen LogP contribution in [0.1, 0.15) is 47.2 Å². The number of aryl methyl sites for hydroxylation is 2. The zero-order chi connectivity index (χ0) is 18.4. The summed E-state index contributed by atoms with van der Waals surface area (Å²) in [5.74, 6) is -0.943. The number of piperidine rings is 1. The minimum Gasteiger partial charge on any atom is -0.481 e. The number of carbonyl (C=O) groups is 3. The number of nitrogens with zero attached hydrogens (tertiary/aromatic N) is 1. The van der Waals surface area contributed by atoms with Gasteiger partial charge in [0.05, 0.1) is 6.54 Å². The lowest BCUT2D eigenvalue weighted by Crippen LogP contribution is -2.45. The Morgan fingerprint density at radius 2 is 2.00 bits per heavy atom. The molecule has 1 heterocycles. The molecule has 2 rings (SSSR count). The fraction of sp³-hybridized carbons (Fsp3) is 0.526. The minimum atomic E-state index is -0.802. The van der Waals surface area contributed by atoms with Gasteiger partial charge < -0.3 is 15.3 Å². The number of carboxylic acids is 1. The predicted octanol–water partition coefficient (Wildman–Crippen LogP) is 2.14. The number of carbonyl (C=O) groups excluding carboxylic acids is 2. The molecule has 1 atom stereocenters. The van der Waals surface area contributed by atoms with E-state index >= 15 is 0 Å². The molecule has 0 aromatic heterocycles. The Labute approximate surface area is 148 Å². The number of likely N-dealkylation sites (tertiary alicyclic amines) is 1. The van der Waals surface area contributed by atoms with Crippen molar-refractivity contribution < 1.29 is 19.5 Å². The van der Waals surface area contributed by atoms with Gasteiger partial charge in [-0.1, -0.05) is 6.07 Å². The van der Waals surface area contributed by atoms with Gasteiger partial charge in [-0.05, 0) is 62.3 Å². The Balaban J connectivity index is 1.83. The van der Waals surface area contributed by atoms with Crippen molar-refractivity contribution >= 4 is 17.8 Å². The molecule has 2 N–H and O–H groups in total. The smallest absolute Gasteiger partial charge is 0.303 e. The van der Waals surface area contributed by atoms with E-state index in [4.69, 9.17) is 5.11 Å². The topological polar surface area (TPSA) is 86.7 Å². The van der Waals surface area contributed by atoms with Crippen molar-refractivity contribution in [3.05, 3.63) is 34.9 Å². The SMILES string of the molecule is Cc1ccc(C(=O)NCC(=O)N2CCC[C@@H](CCC(=O)O)C2)cc1C. The molecule has 1 aromatic rings. The Hall–Kier alpha value is -2.37. The molecule has 0 spiro atoms. The Morgan fingerprint density at radius 1 is 1.24 bits per heavy atom. The van der Waals surface area contributed by atoms with E-state index in [9.17, 15) is 14.4 Å². The van der Waals surface area contributed by atoms with E-state index < -0.39 is 5.97 Å². The Bertz CT molecular complexity index is 657. The molecule has 0 unspecified atom stereocenters. The first-order valence-electron chi connectivity index (χ1n) is 8.72. The molecule has 0 bridgehead atoms. The van der Waals surface area contributed by atoms with E-state index in [1.807, 2.05) is 26.0 Å². The van der Waals surface area contributed by atoms with Gasteiger partial charge in [-0.15, -0.1) is 0 Å². The van der Waals surface area contributed by atoms with Crippen LogP contribution in [0.3, 0.4) is 0 Å². The number of rotatable bonds is 6. The maximum Gasteiger partial charge on any atom is 0.303 e. The lowest BCUT2D eigenvalue weighted by Gasteiger charge is -2.32. The van der Waals surface area contributed by atoms with Crippen molar-refractivity contribution in [2.45, 2.75) is 39.5 Å². The van der Waals surface area contributed by atoms with E-state index in [1.165, 1.54) is 0 Å². The van der Waals surface area contributed by atoms with Gasteiger partial charge in [0.25, 0.3) is 5.91 Å². The quantitative estimate of drug-likeness (QED) is 0.826. The molecular formula is C19H26N2O4. The van der Waals surface area contributed by atoms with Crippen LogP contribution < -0.4 is 5.32 Å². The summed E-state index contributed by atoms with van der Waals surface area (Å²) < 4.78 is 0. The average molecular weight is 346 g/mol. The molecule has 136 valence electrons. The number of hydrogen-bond acceptors (Lipinski definition) is 3. The van der Waals surface area contributed by atoms with Gasteiger partial charge in [0, 0.05) is 25.1 Å². The van der Waals surface area contributed by atoms with Crippen LogP contribution in [0.25, 0.3) is 0 Å². The van der Waals surface area contributed by atoms with Crippen LogP contribution in [-0.2, 0) is 9.59 Å². The summed E-state index contributed by atoms with van der Waals surface area (Å²) >= 11 is 0. The van der Waals surface area contributed by atoms with E-state index in [2.05, 4.69) is 5.32 Å². The van der Waals surface area contributed by atoms with Crippen molar-refractivity contribution in [1.29, 1.82) is 0 Å². The van der Waals surface area contributed by atoms with Gasteiger partial charge in [0.2, 0.25) is 5.91 Å². The summed E-state index contributed by atoms with van der Waals surface area (Å²) in [5.41, 5.74) is 2.71. The van der Waals surface area contributed by atoms with Gasteiger partial charge in [-0.2, -0.15) is 0 Å². The first kappa shape index (κ1) is 19.0. The summed E-state index contributed by atoms with van der Waals surface area (Å²) in [7, 11) is 0. The van der Waals surface area contributed by atoms with Crippen molar-refractivity contribution in [2.75, 3.05) is 19.6 Å². The Morgan fingerprint density at radius 3 is 2.68 bits per heavy atom. The molecule has 6 nitrogen and oxygen atoms in total. The lowest BCUT2D eigenvalue weighted by atomic mass is 9.93. The maximum absolute atomic E-state index is 12.3. The van der Waals surface area contributed by atoms with Crippen molar-refractivity contribution in [2.24, 2.45) is 5.92 Å². The number of amides is 2. The molecule has 0 radical (unpaired) electrons. The standard InChI is InChI=1S/C19H26N2O4/c1-13-5-7-16(10-14(13)2)19(25)20-11-17(22)21-9-3-4-15(12-21)6-8-18(23)24/h5,7,10,15H,3-4,6,8-9,11-12H2,1-2H3,(H,20,25)(H,23,24)/t15-/m0/s1. The first-order valence-corrected chi connectivity index (χ1v) is 8.72. The summed E-state index contributed by atoms with van der Waals surface area (Å²) in [6.07, 6.45) is 2.55. The van der Waals surface area contributed by atoms with Gasteiger partial charge in [0.1, 0.15) is 0 Å². The highest BCUT2D eigenvalue weighted by Gasteiger charge is 2.24. The molecule has 1 aliphatic rings. The van der Waals surface area contributed by atoms with Gasteiger partial charge in [0.15, 0.2) is 0 Å². The summed E-state index contributed by atoms with van der Waals surface area (Å²) in [4.78, 5) is 36.9. The minimum absolute atomic E-state index is 0.0303. The molecule has 2 amide bonds. The monoisotopic (exact) mass is 346 g/mol. The molecule has 1 aliphatic heterocycles. The fourth-order valence-electron chi connectivity index (χ4n) is 3.11. The number of carboxylic acid groups (broad SMARTS) is 1. The highest BCUT2D eigenvalue weighted by atomic mass is 16.4. The largest absolute Gasteiger partial charge is 0.481 e. The predicted molar refractivity (Wildman–Crippen MR) is 94.4 cm³/mol. The molecule has 6 heteroatoms.